The van der Waals surface area contributed by atoms with Crippen LogP contribution in [-0.4, -0.2) is 19.7 Å². The molecular weight excluding hydrogens is 240 g/mol. The second-order valence-corrected chi connectivity index (χ2v) is 3.73. The lowest BCUT2D eigenvalue weighted by molar-refractivity contribution is 0.0874. The zero-order chi connectivity index (χ0) is 13.1. The number of nitrogens with one attached hydrogen (secondary N) is 1. The van der Waals surface area contributed by atoms with E-state index in [-0.39, 0.29) is 12.3 Å². The van der Waals surface area contributed by atoms with E-state index in [2.05, 4.69) is 5.32 Å². The molecule has 0 saturated carbocycles. The Hall–Kier alpha value is -2.01. The van der Waals surface area contributed by atoms with Crippen molar-refractivity contribution < 1.29 is 18.3 Å². The number of methoxy groups -OCH3 is 1. The Balaban J connectivity index is 2.51. The van der Waals surface area contributed by atoms with Gasteiger partial charge >= 0.3 is 0 Å². The zero-order valence-corrected chi connectivity index (χ0v) is 9.67. The third-order valence-corrected chi connectivity index (χ3v) is 2.54. The molecule has 0 bridgehead atoms. The monoisotopic (exact) mass is 251 g/mol. The van der Waals surface area contributed by atoms with Gasteiger partial charge in [0, 0.05) is 12.7 Å². The highest BCUT2D eigenvalue weighted by molar-refractivity contribution is 6.07. The molecule has 0 aliphatic carbocycles. The molecule has 2 rings (SSSR count). The fourth-order valence-corrected chi connectivity index (χ4v) is 1.70. The molecule has 1 amide bonds. The van der Waals surface area contributed by atoms with Crippen LogP contribution in [0.5, 0.6) is 0 Å². The summed E-state index contributed by atoms with van der Waals surface area (Å²) in [7, 11) is 1.44. The van der Waals surface area contributed by atoms with Gasteiger partial charge in [-0.1, -0.05) is 12.1 Å². The normalized spacial score (nSPS) is 10.6. The van der Waals surface area contributed by atoms with Crippen LogP contribution >= 0.6 is 0 Å². The van der Waals surface area contributed by atoms with E-state index in [0.717, 1.165) is 12.1 Å². The number of rotatable bonds is 3. The molecule has 5 heteroatoms. The minimum Gasteiger partial charge on any atom is -0.364 e. The first-order chi connectivity index (χ1) is 8.63. The first-order valence-corrected chi connectivity index (χ1v) is 5.28. The minimum atomic E-state index is -0.977. The van der Waals surface area contributed by atoms with Crippen LogP contribution in [0.1, 0.15) is 10.4 Å². The van der Waals surface area contributed by atoms with Crippen molar-refractivity contribution >= 4 is 16.7 Å². The second-order valence-electron chi connectivity index (χ2n) is 3.73. The van der Waals surface area contributed by atoms with Gasteiger partial charge in [-0.05, 0) is 29.0 Å². The molecule has 0 saturated heterocycles. The molecule has 94 valence electrons. The standard InChI is InChI=1S/C13H11F2NO2/c1-18-7-16-13(17)9-4-2-3-8-5-11(14)12(15)6-10(8)9/h2-6H,7H2,1H3,(H,16,17). The van der Waals surface area contributed by atoms with Crippen molar-refractivity contribution in [3.63, 3.8) is 0 Å². The fourth-order valence-electron chi connectivity index (χ4n) is 1.70. The fraction of sp³-hybridized carbons (Fsp3) is 0.154. The average Bonchev–Trinajstić information content (AvgIpc) is 2.36. The Morgan fingerprint density at radius 2 is 2.00 bits per heavy atom. The third kappa shape index (κ3) is 2.31. The molecule has 0 aliphatic rings. The number of hydrogen-bond donors (Lipinski definition) is 1. The van der Waals surface area contributed by atoms with Gasteiger partial charge in [-0.15, -0.1) is 0 Å². The number of ether oxygens (including phenoxy) is 1. The van der Waals surface area contributed by atoms with Crippen LogP contribution in [0.2, 0.25) is 0 Å². The molecular formula is C13H11F2NO2. The van der Waals surface area contributed by atoms with Gasteiger partial charge in [-0.2, -0.15) is 0 Å². The van der Waals surface area contributed by atoms with Crippen molar-refractivity contribution in [3.05, 3.63) is 47.5 Å². The average molecular weight is 251 g/mol. The first kappa shape index (κ1) is 12.4. The van der Waals surface area contributed by atoms with E-state index in [1.165, 1.54) is 7.11 Å². The molecule has 0 fully saturated rings. The van der Waals surface area contributed by atoms with Gasteiger partial charge in [0.25, 0.3) is 5.91 Å². The van der Waals surface area contributed by atoms with Crippen molar-refractivity contribution in [2.45, 2.75) is 0 Å². The first-order valence-electron chi connectivity index (χ1n) is 5.28. The zero-order valence-electron chi connectivity index (χ0n) is 9.67. The van der Waals surface area contributed by atoms with Gasteiger partial charge in [0.15, 0.2) is 11.6 Å². The summed E-state index contributed by atoms with van der Waals surface area (Å²) in [5.41, 5.74) is 0.281. The summed E-state index contributed by atoms with van der Waals surface area (Å²) in [5.74, 6) is -2.31. The Kier molecular flexibility index (Phi) is 3.53. The second kappa shape index (κ2) is 5.10. The van der Waals surface area contributed by atoms with E-state index < -0.39 is 17.5 Å². The molecule has 2 aromatic rings. The quantitative estimate of drug-likeness (QED) is 0.851. The number of carbonyl (C=O) groups is 1. The van der Waals surface area contributed by atoms with Gasteiger partial charge in [0.2, 0.25) is 0 Å². The Morgan fingerprint density at radius 1 is 1.28 bits per heavy atom. The summed E-state index contributed by atoms with van der Waals surface area (Å²) in [5, 5.41) is 3.33. The lowest BCUT2D eigenvalue weighted by Gasteiger charge is -2.07. The molecule has 1 N–H and O–H groups in total. The number of carbonyl (C=O) groups excluding carboxylic acids is 1. The van der Waals surface area contributed by atoms with Crippen LogP contribution in [0.4, 0.5) is 8.78 Å². The number of hydrogen-bond acceptors (Lipinski definition) is 2. The van der Waals surface area contributed by atoms with Crippen molar-refractivity contribution in [1.82, 2.24) is 5.32 Å². The number of fused-ring (bicyclic) bond motifs is 1. The molecule has 0 spiro atoms. The maximum Gasteiger partial charge on any atom is 0.253 e. The van der Waals surface area contributed by atoms with E-state index in [4.69, 9.17) is 4.74 Å². The number of halogens is 2. The molecule has 2 aromatic carbocycles. The van der Waals surface area contributed by atoms with Crippen molar-refractivity contribution in [3.8, 4) is 0 Å². The smallest absolute Gasteiger partial charge is 0.253 e. The van der Waals surface area contributed by atoms with E-state index in [0.29, 0.717) is 10.8 Å². The maximum atomic E-state index is 13.2. The molecule has 18 heavy (non-hydrogen) atoms. The molecule has 0 atom stereocenters. The molecule has 0 aromatic heterocycles. The highest BCUT2D eigenvalue weighted by Gasteiger charge is 2.12. The van der Waals surface area contributed by atoms with Crippen LogP contribution in [-0.2, 0) is 4.74 Å². The largest absolute Gasteiger partial charge is 0.364 e. The van der Waals surface area contributed by atoms with Gasteiger partial charge < -0.3 is 10.1 Å². The van der Waals surface area contributed by atoms with Gasteiger partial charge in [0.05, 0.1) is 0 Å². The van der Waals surface area contributed by atoms with Crippen LogP contribution in [0.15, 0.2) is 30.3 Å². The van der Waals surface area contributed by atoms with E-state index in [1.807, 2.05) is 0 Å². The Labute approximate surface area is 102 Å². The summed E-state index contributed by atoms with van der Waals surface area (Å²) < 4.78 is 31.0. The van der Waals surface area contributed by atoms with Gasteiger partial charge in [0.1, 0.15) is 6.73 Å². The summed E-state index contributed by atoms with van der Waals surface area (Å²) in [6.45, 7) is 0.0545. The lowest BCUT2D eigenvalue weighted by atomic mass is 10.0. The third-order valence-electron chi connectivity index (χ3n) is 2.54. The van der Waals surface area contributed by atoms with Crippen molar-refractivity contribution in [2.24, 2.45) is 0 Å². The lowest BCUT2D eigenvalue weighted by Crippen LogP contribution is -2.25. The van der Waals surface area contributed by atoms with E-state index >= 15 is 0 Å². The predicted octanol–water partition coefficient (Wildman–Crippen LogP) is 2.45. The minimum absolute atomic E-state index is 0.0545. The van der Waals surface area contributed by atoms with Gasteiger partial charge in [-0.3, -0.25) is 4.79 Å². The summed E-state index contributed by atoms with van der Waals surface area (Å²) in [4.78, 5) is 11.8. The van der Waals surface area contributed by atoms with E-state index in [1.54, 1.807) is 18.2 Å². The van der Waals surface area contributed by atoms with Crippen molar-refractivity contribution in [2.75, 3.05) is 13.8 Å². The maximum absolute atomic E-state index is 13.2. The molecule has 0 heterocycles. The SMILES string of the molecule is COCNC(=O)c1cccc2cc(F)c(F)cc12. The van der Waals surface area contributed by atoms with Gasteiger partial charge in [-0.25, -0.2) is 8.78 Å². The highest BCUT2D eigenvalue weighted by Crippen LogP contribution is 2.22. The van der Waals surface area contributed by atoms with Crippen LogP contribution < -0.4 is 5.32 Å². The number of amides is 1. The summed E-state index contributed by atoms with van der Waals surface area (Å²) >= 11 is 0. The molecule has 0 radical (unpaired) electrons. The van der Waals surface area contributed by atoms with Crippen LogP contribution in [0.3, 0.4) is 0 Å². The predicted molar refractivity (Wildman–Crippen MR) is 63.2 cm³/mol. The van der Waals surface area contributed by atoms with Crippen molar-refractivity contribution in [1.29, 1.82) is 0 Å². The summed E-state index contributed by atoms with van der Waals surface area (Å²) in [6, 6.07) is 6.86. The molecule has 3 nitrogen and oxygen atoms in total. The highest BCUT2D eigenvalue weighted by atomic mass is 19.2. The summed E-state index contributed by atoms with van der Waals surface area (Å²) in [6.07, 6.45) is 0. The van der Waals surface area contributed by atoms with Crippen LogP contribution in [0, 0.1) is 11.6 Å². The van der Waals surface area contributed by atoms with Crippen LogP contribution in [0.25, 0.3) is 10.8 Å². The number of benzene rings is 2. The van der Waals surface area contributed by atoms with E-state index in [9.17, 15) is 13.6 Å². The topological polar surface area (TPSA) is 38.3 Å². The Morgan fingerprint density at radius 3 is 2.72 bits per heavy atom. The molecule has 0 unspecified atom stereocenters. The molecule has 0 aliphatic heterocycles. The Bertz CT molecular complexity index is 599.